The van der Waals surface area contributed by atoms with Gasteiger partial charge in [0.05, 0.1) is 18.8 Å². The van der Waals surface area contributed by atoms with Crippen LogP contribution >= 0.6 is 6.04 Å². The van der Waals surface area contributed by atoms with E-state index < -0.39 is 18.2 Å². The fraction of sp³-hybridized carbons (Fsp3) is 0.212. The number of imidazole rings is 1. The summed E-state index contributed by atoms with van der Waals surface area (Å²) < 4.78 is 36.4. The first-order chi connectivity index (χ1) is 20.1. The van der Waals surface area contributed by atoms with E-state index in [1.807, 2.05) is 0 Å². The molecule has 2 heterocycles. The number of carboxylic acid groups (broad SMARTS) is 1. The fourth-order valence-corrected chi connectivity index (χ4v) is 9.46. The molecule has 0 unspecified atom stereocenters. The van der Waals surface area contributed by atoms with Crippen LogP contribution in [-0.2, 0) is 29.6 Å². The van der Waals surface area contributed by atoms with E-state index in [-0.39, 0.29) is 0 Å². The zero-order valence-corrected chi connectivity index (χ0v) is 24.9. The maximum absolute atomic E-state index is 10.5. The molecule has 42 heavy (non-hydrogen) atoms. The van der Waals surface area contributed by atoms with Crippen molar-refractivity contribution in [2.75, 3.05) is 0 Å². The Balaban J connectivity index is 0.000000517. The van der Waals surface area contributed by atoms with E-state index in [9.17, 15) is 13.2 Å². The number of aryl methyl sites for hydroxylation is 2. The number of pyridine rings is 1. The maximum atomic E-state index is 10.5. The van der Waals surface area contributed by atoms with Crippen LogP contribution in [-0.4, -0.2) is 16.7 Å². The van der Waals surface area contributed by atoms with Crippen LogP contribution in [0.2, 0.25) is 0 Å². The number of aliphatic carboxylic acids is 1. The van der Waals surface area contributed by atoms with Gasteiger partial charge in [0.1, 0.15) is 11.7 Å². The number of halogens is 3. The highest BCUT2D eigenvalue weighted by molar-refractivity contribution is 8.25. The van der Waals surface area contributed by atoms with Crippen LogP contribution in [0.3, 0.4) is 0 Å². The molecule has 5 aromatic rings. The van der Waals surface area contributed by atoms with Crippen molar-refractivity contribution < 1.29 is 27.5 Å². The van der Waals surface area contributed by atoms with Crippen LogP contribution in [0.15, 0.2) is 115 Å². The summed E-state index contributed by atoms with van der Waals surface area (Å²) in [5.74, 6) is -3.01. The van der Waals surface area contributed by atoms with Crippen molar-refractivity contribution in [1.29, 1.82) is 0 Å². The second-order valence-electron chi connectivity index (χ2n) is 9.85. The summed E-state index contributed by atoms with van der Waals surface area (Å²) >= 11 is 6.71. The number of hydrogen-bond donors (Lipinski definition) is 0. The van der Waals surface area contributed by atoms with E-state index >= 15 is 0 Å². The molecule has 4 nitrogen and oxygen atoms in total. The molecular weight excluding hydrogens is 576 g/mol. The molecule has 9 heteroatoms. The first-order valence-corrected chi connectivity index (χ1v) is 16.5. The lowest BCUT2D eigenvalue weighted by Crippen LogP contribution is -2.42. The van der Waals surface area contributed by atoms with Crippen molar-refractivity contribution >= 4 is 45.5 Å². The second-order valence-corrected chi connectivity index (χ2v) is 14.2. The van der Waals surface area contributed by atoms with Gasteiger partial charge in [0, 0.05) is 13.0 Å². The Bertz CT molecular complexity index is 1610. The number of carbonyl (C=O) groups excluding carboxylic acids is 1. The van der Waals surface area contributed by atoms with Gasteiger partial charge in [-0.15, -0.1) is 0 Å². The highest BCUT2D eigenvalue weighted by Gasteiger charge is 2.36. The third kappa shape index (κ3) is 7.18. The van der Waals surface area contributed by atoms with Gasteiger partial charge in [-0.1, -0.05) is 109 Å². The number of aromatic nitrogens is 2. The highest BCUT2D eigenvalue weighted by atomic mass is 32.4. The van der Waals surface area contributed by atoms with Gasteiger partial charge in [0.25, 0.3) is 5.65 Å². The third-order valence-electron chi connectivity index (χ3n) is 7.03. The predicted octanol–water partition coefficient (Wildman–Crippen LogP) is 5.00. The van der Waals surface area contributed by atoms with Gasteiger partial charge in [-0.25, -0.2) is 4.57 Å². The average Bonchev–Trinajstić information content (AvgIpc) is 3.29. The van der Waals surface area contributed by atoms with Crippen LogP contribution in [0.5, 0.6) is 0 Å². The minimum absolute atomic E-state index is 1.01. The van der Waals surface area contributed by atoms with E-state index in [1.165, 1.54) is 45.8 Å². The zero-order chi connectivity index (χ0) is 30.2. The molecule has 0 aliphatic rings. The second kappa shape index (κ2) is 14.0. The number of benzene rings is 3. The topological polar surface area (TPSA) is 49.2 Å². The summed E-state index contributed by atoms with van der Waals surface area (Å²) in [7, 11) is 0. The number of alkyl halides is 3. The standard InChI is InChI=1S/C31H32N2PS.C2HF3O2/c1-26-31(34(35,28-19-9-3-10-20-28)29-21-11-4-12-22-29)33-25-15-13-23-30(33)32(26)24-14-5-8-18-27-16-6-2-7-17-27;3-2(4,5)1(6)7/h2-4,6-7,9-13,15-17,19-23,25H,5,8,14,18,24H2,1H3;(H,6,7)/q+1;/p-1. The summed E-state index contributed by atoms with van der Waals surface area (Å²) in [4.78, 5) is 8.78. The average molecular weight is 609 g/mol. The van der Waals surface area contributed by atoms with Crippen molar-refractivity contribution in [3.63, 3.8) is 0 Å². The summed E-state index contributed by atoms with van der Waals surface area (Å²) in [5, 5.41) is 11.3. The molecule has 2 aromatic heterocycles. The number of unbranched alkanes of at least 4 members (excludes halogenated alkanes) is 2. The lowest BCUT2D eigenvalue weighted by atomic mass is 10.1. The van der Waals surface area contributed by atoms with Crippen molar-refractivity contribution in [1.82, 2.24) is 4.57 Å². The largest absolute Gasteiger partial charge is 0.542 e. The first-order valence-electron chi connectivity index (χ1n) is 13.7. The van der Waals surface area contributed by atoms with Crippen molar-refractivity contribution in [2.45, 2.75) is 45.3 Å². The molecular formula is C33H32F3N2O2PS. The molecule has 0 aliphatic heterocycles. The van der Waals surface area contributed by atoms with Gasteiger partial charge in [-0.2, -0.15) is 17.6 Å². The predicted molar refractivity (Wildman–Crippen MR) is 163 cm³/mol. The number of hydrogen-bond acceptors (Lipinski definition) is 3. The highest BCUT2D eigenvalue weighted by Crippen LogP contribution is 2.43. The Morgan fingerprint density at radius 1 is 0.810 bits per heavy atom. The quantitative estimate of drug-likeness (QED) is 0.135. The Morgan fingerprint density at radius 2 is 1.31 bits per heavy atom. The first kappa shape index (κ1) is 31.2. The monoisotopic (exact) mass is 608 g/mol. The van der Waals surface area contributed by atoms with Crippen LogP contribution in [0, 0.1) is 6.92 Å². The zero-order valence-electron chi connectivity index (χ0n) is 23.2. The third-order valence-corrected chi connectivity index (χ3v) is 12.0. The molecule has 0 amide bonds. The summed E-state index contributed by atoms with van der Waals surface area (Å²) in [5.41, 5.74) is 5.21. The van der Waals surface area contributed by atoms with Crippen LogP contribution in [0.25, 0.3) is 5.65 Å². The molecule has 218 valence electrons. The van der Waals surface area contributed by atoms with Crippen LogP contribution in [0.1, 0.15) is 30.5 Å². The molecule has 3 aromatic carbocycles. The lowest BCUT2D eigenvalue weighted by molar-refractivity contribution is -0.490. The number of carbonyl (C=O) groups is 1. The van der Waals surface area contributed by atoms with Crippen LogP contribution in [0.4, 0.5) is 13.2 Å². The lowest BCUT2D eigenvalue weighted by Gasteiger charge is -2.21. The van der Waals surface area contributed by atoms with E-state index in [2.05, 4.69) is 131 Å². The normalized spacial score (nSPS) is 11.6. The maximum Gasteiger partial charge on any atom is 0.430 e. The molecule has 0 radical (unpaired) electrons. The minimum atomic E-state index is -5.19. The number of rotatable bonds is 9. The van der Waals surface area contributed by atoms with E-state index in [4.69, 9.17) is 21.7 Å². The van der Waals surface area contributed by atoms with Gasteiger partial charge < -0.3 is 9.90 Å². The molecule has 0 saturated carbocycles. The Hall–Kier alpha value is -3.74. The molecule has 0 bridgehead atoms. The van der Waals surface area contributed by atoms with Gasteiger partial charge in [0.2, 0.25) is 0 Å². The molecule has 0 atom stereocenters. The Morgan fingerprint density at radius 3 is 1.83 bits per heavy atom. The van der Waals surface area contributed by atoms with E-state index in [0.29, 0.717) is 0 Å². The molecule has 0 aliphatic carbocycles. The number of carboxylic acids is 1. The molecule has 0 N–H and O–H groups in total. The molecule has 5 rings (SSSR count). The van der Waals surface area contributed by atoms with Crippen molar-refractivity contribution in [3.8, 4) is 0 Å². The smallest absolute Gasteiger partial charge is 0.430 e. The number of fused-ring (bicyclic) bond motifs is 1. The van der Waals surface area contributed by atoms with Crippen LogP contribution < -0.4 is 25.6 Å². The van der Waals surface area contributed by atoms with Crippen molar-refractivity contribution in [2.24, 2.45) is 0 Å². The number of nitrogens with zero attached hydrogens (tertiary/aromatic N) is 2. The summed E-state index contributed by atoms with van der Waals surface area (Å²) in [6, 6.07) is 36.5. The molecule has 0 fully saturated rings. The molecule has 0 spiro atoms. The van der Waals surface area contributed by atoms with E-state index in [0.717, 1.165) is 19.4 Å². The van der Waals surface area contributed by atoms with Gasteiger partial charge in [-0.3, -0.25) is 0 Å². The van der Waals surface area contributed by atoms with E-state index in [1.54, 1.807) is 0 Å². The Labute approximate surface area is 249 Å². The summed E-state index contributed by atoms with van der Waals surface area (Å²) in [6.45, 7) is 3.27. The minimum Gasteiger partial charge on any atom is -0.542 e. The van der Waals surface area contributed by atoms with Gasteiger partial charge in [0.15, 0.2) is 5.44 Å². The summed E-state index contributed by atoms with van der Waals surface area (Å²) in [6.07, 6.45) is 1.73. The SMILES string of the molecule is Cc1c(P(=S)(c2ccccc2)c2ccccc2)[n+]2ccccc2n1CCCCCc1ccccc1.O=C([O-])C(F)(F)F. The van der Waals surface area contributed by atoms with Gasteiger partial charge in [-0.05, 0) is 47.9 Å². The Kier molecular flexibility index (Phi) is 10.4. The molecule has 0 saturated heterocycles. The van der Waals surface area contributed by atoms with Gasteiger partial charge >= 0.3 is 6.18 Å². The van der Waals surface area contributed by atoms with Crippen molar-refractivity contribution in [3.05, 3.63) is 127 Å². The fourth-order valence-electron chi connectivity index (χ4n) is 5.05.